The third kappa shape index (κ3) is 2.18. The van der Waals surface area contributed by atoms with E-state index >= 15 is 0 Å². The van der Waals surface area contributed by atoms with Crippen LogP contribution < -0.4 is 5.32 Å². The Hall–Kier alpha value is -2.36. The maximum atomic E-state index is 12.6. The molecule has 2 heterocycles. The molecule has 0 saturated carbocycles. The van der Waals surface area contributed by atoms with Gasteiger partial charge in [-0.15, -0.1) is 0 Å². The summed E-state index contributed by atoms with van der Waals surface area (Å²) in [6.07, 6.45) is 3.41. The van der Waals surface area contributed by atoms with E-state index in [0.717, 1.165) is 11.2 Å². The Morgan fingerprint density at radius 2 is 2.11 bits per heavy atom. The fourth-order valence-electron chi connectivity index (χ4n) is 1.90. The SMILES string of the molecule is Fc1ccc(NCc2ccc3[nH]ccc3c2)cn1. The van der Waals surface area contributed by atoms with Gasteiger partial charge in [-0.05, 0) is 41.3 Å². The Kier molecular flexibility index (Phi) is 2.68. The van der Waals surface area contributed by atoms with Crippen molar-refractivity contribution in [2.24, 2.45) is 0 Å². The highest BCUT2D eigenvalue weighted by molar-refractivity contribution is 5.79. The first kappa shape index (κ1) is 10.8. The van der Waals surface area contributed by atoms with E-state index < -0.39 is 5.95 Å². The van der Waals surface area contributed by atoms with Crippen LogP contribution in [-0.4, -0.2) is 9.97 Å². The number of aromatic nitrogens is 2. The van der Waals surface area contributed by atoms with Gasteiger partial charge in [-0.1, -0.05) is 6.07 Å². The Morgan fingerprint density at radius 1 is 1.17 bits per heavy atom. The van der Waals surface area contributed by atoms with Gasteiger partial charge in [0.05, 0.1) is 11.9 Å². The molecule has 1 aromatic carbocycles. The Morgan fingerprint density at radius 3 is 2.94 bits per heavy atom. The van der Waals surface area contributed by atoms with Crippen molar-refractivity contribution >= 4 is 16.6 Å². The standard InChI is InChI=1S/C14H12FN3/c15-14-4-2-12(9-18-14)17-8-10-1-3-13-11(7-10)5-6-16-13/h1-7,9,16-17H,8H2. The molecule has 0 aliphatic rings. The van der Waals surface area contributed by atoms with Crippen LogP contribution >= 0.6 is 0 Å². The summed E-state index contributed by atoms with van der Waals surface area (Å²) in [6.45, 7) is 0.689. The maximum Gasteiger partial charge on any atom is 0.212 e. The van der Waals surface area contributed by atoms with Crippen molar-refractivity contribution in [3.05, 3.63) is 60.3 Å². The minimum atomic E-state index is -0.464. The molecule has 2 N–H and O–H groups in total. The lowest BCUT2D eigenvalue weighted by atomic mass is 10.1. The Bertz CT molecular complexity index is 658. The summed E-state index contributed by atoms with van der Waals surface area (Å²) in [5, 5.41) is 4.39. The van der Waals surface area contributed by atoms with E-state index in [1.807, 2.05) is 12.3 Å². The third-order valence-electron chi connectivity index (χ3n) is 2.84. The number of aromatic amines is 1. The van der Waals surface area contributed by atoms with Gasteiger partial charge in [0.15, 0.2) is 0 Å². The van der Waals surface area contributed by atoms with Gasteiger partial charge >= 0.3 is 0 Å². The van der Waals surface area contributed by atoms with E-state index in [1.54, 1.807) is 6.07 Å². The fraction of sp³-hybridized carbons (Fsp3) is 0.0714. The van der Waals surface area contributed by atoms with Gasteiger partial charge in [0.2, 0.25) is 5.95 Å². The lowest BCUT2D eigenvalue weighted by molar-refractivity contribution is 0.584. The molecule has 0 amide bonds. The maximum absolute atomic E-state index is 12.6. The van der Waals surface area contributed by atoms with Crippen LogP contribution in [0.2, 0.25) is 0 Å². The molecule has 0 aliphatic heterocycles. The number of fused-ring (bicyclic) bond motifs is 1. The molecule has 0 bridgehead atoms. The Balaban J connectivity index is 1.74. The summed E-state index contributed by atoms with van der Waals surface area (Å²) in [5.74, 6) is -0.464. The van der Waals surface area contributed by atoms with Crippen molar-refractivity contribution in [1.29, 1.82) is 0 Å². The van der Waals surface area contributed by atoms with E-state index in [4.69, 9.17) is 0 Å². The zero-order chi connectivity index (χ0) is 12.4. The van der Waals surface area contributed by atoms with Crippen LogP contribution in [0, 0.1) is 5.95 Å². The zero-order valence-electron chi connectivity index (χ0n) is 9.65. The van der Waals surface area contributed by atoms with Crippen LogP contribution in [0.4, 0.5) is 10.1 Å². The van der Waals surface area contributed by atoms with Gasteiger partial charge in [-0.2, -0.15) is 4.39 Å². The highest BCUT2D eigenvalue weighted by atomic mass is 19.1. The number of benzene rings is 1. The second-order valence-corrected chi connectivity index (χ2v) is 4.12. The molecule has 3 rings (SSSR count). The van der Waals surface area contributed by atoms with Gasteiger partial charge in [0, 0.05) is 18.3 Å². The van der Waals surface area contributed by atoms with Gasteiger partial charge in [-0.25, -0.2) is 4.98 Å². The molecule has 0 fully saturated rings. The van der Waals surface area contributed by atoms with Crippen molar-refractivity contribution in [2.75, 3.05) is 5.32 Å². The van der Waals surface area contributed by atoms with Crippen LogP contribution in [-0.2, 0) is 6.54 Å². The largest absolute Gasteiger partial charge is 0.380 e. The van der Waals surface area contributed by atoms with E-state index in [0.29, 0.717) is 6.54 Å². The summed E-state index contributed by atoms with van der Waals surface area (Å²) in [7, 11) is 0. The molecule has 3 aromatic rings. The summed E-state index contributed by atoms with van der Waals surface area (Å²) < 4.78 is 12.6. The molecular formula is C14H12FN3. The lowest BCUT2D eigenvalue weighted by Crippen LogP contribution is -1.99. The summed E-state index contributed by atoms with van der Waals surface area (Å²) in [6, 6.07) is 11.3. The van der Waals surface area contributed by atoms with E-state index in [9.17, 15) is 4.39 Å². The minimum Gasteiger partial charge on any atom is -0.380 e. The quantitative estimate of drug-likeness (QED) is 0.691. The topological polar surface area (TPSA) is 40.7 Å². The number of rotatable bonds is 3. The van der Waals surface area contributed by atoms with Crippen LogP contribution in [0.1, 0.15) is 5.56 Å². The number of nitrogens with zero attached hydrogens (tertiary/aromatic N) is 1. The molecule has 0 unspecified atom stereocenters. The lowest BCUT2D eigenvalue weighted by Gasteiger charge is -2.06. The van der Waals surface area contributed by atoms with E-state index in [1.165, 1.54) is 23.2 Å². The van der Waals surface area contributed by atoms with E-state index in [-0.39, 0.29) is 0 Å². The minimum absolute atomic E-state index is 0.464. The monoisotopic (exact) mass is 241 g/mol. The van der Waals surface area contributed by atoms with Gasteiger partial charge in [0.1, 0.15) is 0 Å². The highest BCUT2D eigenvalue weighted by Crippen LogP contribution is 2.15. The molecule has 0 aliphatic carbocycles. The van der Waals surface area contributed by atoms with Crippen molar-refractivity contribution in [3.8, 4) is 0 Å². The molecule has 2 aromatic heterocycles. The molecular weight excluding hydrogens is 229 g/mol. The van der Waals surface area contributed by atoms with Gasteiger partial charge < -0.3 is 10.3 Å². The first-order valence-corrected chi connectivity index (χ1v) is 5.73. The number of pyridine rings is 1. The normalized spacial score (nSPS) is 10.7. The highest BCUT2D eigenvalue weighted by Gasteiger charge is 1.98. The molecule has 0 radical (unpaired) electrons. The predicted molar refractivity (Wildman–Crippen MR) is 69.8 cm³/mol. The van der Waals surface area contributed by atoms with Crippen molar-refractivity contribution in [2.45, 2.75) is 6.54 Å². The first-order valence-electron chi connectivity index (χ1n) is 5.73. The van der Waals surface area contributed by atoms with Crippen LogP contribution in [0.5, 0.6) is 0 Å². The Labute approximate surface area is 104 Å². The van der Waals surface area contributed by atoms with Crippen molar-refractivity contribution in [1.82, 2.24) is 9.97 Å². The van der Waals surface area contributed by atoms with Crippen molar-refractivity contribution in [3.63, 3.8) is 0 Å². The molecule has 0 spiro atoms. The van der Waals surface area contributed by atoms with Gasteiger partial charge in [-0.3, -0.25) is 0 Å². The second-order valence-electron chi connectivity index (χ2n) is 4.12. The van der Waals surface area contributed by atoms with Gasteiger partial charge in [0.25, 0.3) is 0 Å². The van der Waals surface area contributed by atoms with E-state index in [2.05, 4.69) is 33.5 Å². The first-order chi connectivity index (χ1) is 8.81. The summed E-state index contributed by atoms with van der Waals surface area (Å²) in [4.78, 5) is 6.75. The molecule has 0 saturated heterocycles. The predicted octanol–water partition coefficient (Wildman–Crippen LogP) is 3.31. The fourth-order valence-corrected chi connectivity index (χ4v) is 1.90. The molecule has 18 heavy (non-hydrogen) atoms. The number of nitrogens with one attached hydrogen (secondary N) is 2. The van der Waals surface area contributed by atoms with Crippen LogP contribution in [0.3, 0.4) is 0 Å². The summed E-state index contributed by atoms with van der Waals surface area (Å²) >= 11 is 0. The molecule has 3 nitrogen and oxygen atoms in total. The summed E-state index contributed by atoms with van der Waals surface area (Å²) in [5.41, 5.74) is 3.11. The molecule has 90 valence electrons. The number of anilines is 1. The zero-order valence-corrected chi connectivity index (χ0v) is 9.65. The number of H-pyrrole nitrogens is 1. The molecule has 4 heteroatoms. The molecule has 0 atom stereocenters. The van der Waals surface area contributed by atoms with Crippen LogP contribution in [0.15, 0.2) is 48.8 Å². The number of hydrogen-bond acceptors (Lipinski definition) is 2. The third-order valence-corrected chi connectivity index (χ3v) is 2.84. The average molecular weight is 241 g/mol. The average Bonchev–Trinajstić information content (AvgIpc) is 2.85. The number of halogens is 1. The van der Waals surface area contributed by atoms with Crippen molar-refractivity contribution < 1.29 is 4.39 Å². The van der Waals surface area contributed by atoms with Crippen LogP contribution in [0.25, 0.3) is 10.9 Å². The smallest absolute Gasteiger partial charge is 0.212 e. The second kappa shape index (κ2) is 4.49. The number of hydrogen-bond donors (Lipinski definition) is 2.